The summed E-state index contributed by atoms with van der Waals surface area (Å²) in [5.74, 6) is 1.04. The number of ether oxygens (including phenoxy) is 2. The zero-order valence-electron chi connectivity index (χ0n) is 10.9. The molecule has 100 valence electrons. The number of benzene rings is 2. The average Bonchev–Trinajstić information content (AvgIpc) is 2.42. The van der Waals surface area contributed by atoms with Crippen LogP contribution in [0.15, 0.2) is 42.5 Å². The lowest BCUT2D eigenvalue weighted by molar-refractivity contribution is 0.405. The topological polar surface area (TPSA) is 30.5 Å². The van der Waals surface area contributed by atoms with E-state index < -0.39 is 0 Å². The third-order valence-electron chi connectivity index (χ3n) is 2.65. The third-order valence-corrected chi connectivity index (χ3v) is 2.65. The predicted octanol–water partition coefficient (Wildman–Crippen LogP) is 3.35. The number of hydrogen-bond donors (Lipinski definition) is 1. The minimum atomic E-state index is -0.379. The first kappa shape index (κ1) is 13.4. The smallest absolute Gasteiger partial charge is 0.166 e. The van der Waals surface area contributed by atoms with Crippen molar-refractivity contribution in [2.24, 2.45) is 0 Å². The van der Waals surface area contributed by atoms with Crippen LogP contribution in [0.3, 0.4) is 0 Å². The summed E-state index contributed by atoms with van der Waals surface area (Å²) in [4.78, 5) is 0. The van der Waals surface area contributed by atoms with E-state index in [1.54, 1.807) is 37.4 Å². The summed E-state index contributed by atoms with van der Waals surface area (Å²) >= 11 is 0. The highest BCUT2D eigenvalue weighted by atomic mass is 19.1. The minimum absolute atomic E-state index is 0.202. The lowest BCUT2D eigenvalue weighted by Gasteiger charge is -2.09. The Morgan fingerprint density at radius 3 is 2.58 bits per heavy atom. The van der Waals surface area contributed by atoms with Gasteiger partial charge in [0.15, 0.2) is 11.6 Å². The molecule has 0 saturated carbocycles. The zero-order valence-corrected chi connectivity index (χ0v) is 10.9. The second-order valence-corrected chi connectivity index (χ2v) is 4.08. The standard InChI is InChI=1S/C15H16FNO2/c1-17-10-11-6-7-15(14(16)8-11)19-13-5-3-4-12(9-13)18-2/h3-9,17H,10H2,1-2H3. The Morgan fingerprint density at radius 2 is 1.89 bits per heavy atom. The van der Waals surface area contributed by atoms with Gasteiger partial charge in [0.25, 0.3) is 0 Å². The fraction of sp³-hybridized carbons (Fsp3) is 0.200. The van der Waals surface area contributed by atoms with Gasteiger partial charge in [0.2, 0.25) is 0 Å². The molecule has 2 aromatic rings. The summed E-state index contributed by atoms with van der Waals surface area (Å²) < 4.78 is 24.5. The van der Waals surface area contributed by atoms with E-state index in [0.717, 1.165) is 5.56 Å². The van der Waals surface area contributed by atoms with Crippen molar-refractivity contribution in [2.75, 3.05) is 14.2 Å². The molecule has 0 aromatic heterocycles. The van der Waals surface area contributed by atoms with Gasteiger partial charge in [-0.15, -0.1) is 0 Å². The van der Waals surface area contributed by atoms with Crippen molar-refractivity contribution in [3.63, 3.8) is 0 Å². The van der Waals surface area contributed by atoms with Crippen LogP contribution >= 0.6 is 0 Å². The lowest BCUT2D eigenvalue weighted by atomic mass is 10.2. The van der Waals surface area contributed by atoms with Crippen LogP contribution in [0.2, 0.25) is 0 Å². The second-order valence-electron chi connectivity index (χ2n) is 4.08. The van der Waals surface area contributed by atoms with E-state index in [1.807, 2.05) is 13.1 Å². The van der Waals surface area contributed by atoms with Crippen LogP contribution in [0.4, 0.5) is 4.39 Å². The molecule has 3 nitrogen and oxygen atoms in total. The summed E-state index contributed by atoms with van der Waals surface area (Å²) in [6.45, 7) is 0.621. The fourth-order valence-electron chi connectivity index (χ4n) is 1.73. The molecule has 0 heterocycles. The van der Waals surface area contributed by atoms with Gasteiger partial charge in [0, 0.05) is 12.6 Å². The van der Waals surface area contributed by atoms with E-state index in [4.69, 9.17) is 9.47 Å². The molecular formula is C15H16FNO2. The van der Waals surface area contributed by atoms with Gasteiger partial charge >= 0.3 is 0 Å². The van der Waals surface area contributed by atoms with Crippen LogP contribution in [-0.2, 0) is 6.54 Å². The quantitative estimate of drug-likeness (QED) is 0.895. The summed E-state index contributed by atoms with van der Waals surface area (Å²) in [7, 11) is 3.39. The monoisotopic (exact) mass is 261 g/mol. The Labute approximate surface area is 112 Å². The maximum atomic E-state index is 13.9. The first-order chi connectivity index (χ1) is 9.22. The molecule has 0 bridgehead atoms. The Kier molecular flexibility index (Phi) is 4.36. The van der Waals surface area contributed by atoms with Gasteiger partial charge in [-0.3, -0.25) is 0 Å². The largest absolute Gasteiger partial charge is 0.497 e. The van der Waals surface area contributed by atoms with Crippen molar-refractivity contribution in [3.05, 3.63) is 53.8 Å². The van der Waals surface area contributed by atoms with E-state index in [0.29, 0.717) is 18.0 Å². The Hall–Kier alpha value is -2.07. The SMILES string of the molecule is CNCc1ccc(Oc2cccc(OC)c2)c(F)c1. The first-order valence-corrected chi connectivity index (χ1v) is 5.98. The summed E-state index contributed by atoms with van der Waals surface area (Å²) in [5.41, 5.74) is 0.873. The minimum Gasteiger partial charge on any atom is -0.497 e. The molecule has 0 spiro atoms. The van der Waals surface area contributed by atoms with Gasteiger partial charge in [-0.25, -0.2) is 4.39 Å². The van der Waals surface area contributed by atoms with Gasteiger partial charge in [-0.2, -0.15) is 0 Å². The van der Waals surface area contributed by atoms with E-state index in [2.05, 4.69) is 5.32 Å². The first-order valence-electron chi connectivity index (χ1n) is 5.98. The van der Waals surface area contributed by atoms with E-state index in [9.17, 15) is 4.39 Å². The Bertz CT molecular complexity index is 558. The molecule has 0 aliphatic rings. The highest BCUT2D eigenvalue weighted by Gasteiger charge is 2.06. The van der Waals surface area contributed by atoms with Gasteiger partial charge in [0.1, 0.15) is 11.5 Å². The van der Waals surface area contributed by atoms with Gasteiger partial charge < -0.3 is 14.8 Å². The second kappa shape index (κ2) is 6.20. The summed E-state index contributed by atoms with van der Waals surface area (Å²) in [6, 6.07) is 12.0. The van der Waals surface area contributed by atoms with Gasteiger partial charge in [-0.05, 0) is 36.9 Å². The molecule has 0 amide bonds. The maximum absolute atomic E-state index is 13.9. The number of methoxy groups -OCH3 is 1. The molecule has 0 saturated heterocycles. The molecule has 4 heteroatoms. The molecule has 1 N–H and O–H groups in total. The molecule has 0 radical (unpaired) electrons. The van der Waals surface area contributed by atoms with Crippen LogP contribution in [0.1, 0.15) is 5.56 Å². The maximum Gasteiger partial charge on any atom is 0.166 e. The van der Waals surface area contributed by atoms with Gasteiger partial charge in [-0.1, -0.05) is 12.1 Å². The van der Waals surface area contributed by atoms with Crippen molar-refractivity contribution in [1.29, 1.82) is 0 Å². The number of halogens is 1. The van der Waals surface area contributed by atoms with Crippen LogP contribution in [0.25, 0.3) is 0 Å². The number of nitrogens with one attached hydrogen (secondary N) is 1. The molecule has 0 aliphatic heterocycles. The summed E-state index contributed by atoms with van der Waals surface area (Å²) in [5, 5.41) is 2.97. The van der Waals surface area contributed by atoms with E-state index in [1.165, 1.54) is 6.07 Å². The Morgan fingerprint density at radius 1 is 1.11 bits per heavy atom. The predicted molar refractivity (Wildman–Crippen MR) is 72.2 cm³/mol. The zero-order chi connectivity index (χ0) is 13.7. The summed E-state index contributed by atoms with van der Waals surface area (Å²) in [6.07, 6.45) is 0. The Balaban J connectivity index is 2.18. The van der Waals surface area contributed by atoms with Crippen LogP contribution in [0.5, 0.6) is 17.2 Å². The van der Waals surface area contributed by atoms with Crippen molar-refractivity contribution in [1.82, 2.24) is 5.32 Å². The molecule has 2 rings (SSSR count). The van der Waals surface area contributed by atoms with Crippen LogP contribution in [-0.4, -0.2) is 14.2 Å². The lowest BCUT2D eigenvalue weighted by Crippen LogP contribution is -2.05. The molecule has 0 aliphatic carbocycles. The molecular weight excluding hydrogens is 245 g/mol. The molecule has 2 aromatic carbocycles. The molecule has 0 fully saturated rings. The van der Waals surface area contributed by atoms with Crippen molar-refractivity contribution < 1.29 is 13.9 Å². The third kappa shape index (κ3) is 3.45. The van der Waals surface area contributed by atoms with Crippen molar-refractivity contribution in [3.8, 4) is 17.2 Å². The highest BCUT2D eigenvalue weighted by molar-refractivity contribution is 5.38. The van der Waals surface area contributed by atoms with Crippen molar-refractivity contribution in [2.45, 2.75) is 6.54 Å². The fourth-order valence-corrected chi connectivity index (χ4v) is 1.73. The van der Waals surface area contributed by atoms with Crippen molar-refractivity contribution >= 4 is 0 Å². The van der Waals surface area contributed by atoms with Crippen LogP contribution in [0, 0.1) is 5.82 Å². The van der Waals surface area contributed by atoms with E-state index >= 15 is 0 Å². The van der Waals surface area contributed by atoms with Crippen LogP contribution < -0.4 is 14.8 Å². The number of hydrogen-bond acceptors (Lipinski definition) is 3. The number of rotatable bonds is 5. The molecule has 0 atom stereocenters. The normalized spacial score (nSPS) is 10.3. The van der Waals surface area contributed by atoms with E-state index in [-0.39, 0.29) is 11.6 Å². The average molecular weight is 261 g/mol. The molecule has 0 unspecified atom stereocenters. The molecule has 19 heavy (non-hydrogen) atoms. The highest BCUT2D eigenvalue weighted by Crippen LogP contribution is 2.27. The van der Waals surface area contributed by atoms with Gasteiger partial charge in [0.05, 0.1) is 7.11 Å².